The van der Waals surface area contributed by atoms with E-state index in [9.17, 15) is 0 Å². The second-order valence-corrected chi connectivity index (χ2v) is 5.54. The predicted molar refractivity (Wildman–Crippen MR) is 90.3 cm³/mol. The molecule has 3 heterocycles. The number of hydrogen-bond donors (Lipinski definition) is 2. The zero-order chi connectivity index (χ0) is 15.6. The molecule has 3 aromatic rings. The van der Waals surface area contributed by atoms with Crippen LogP contribution in [0.4, 0.5) is 17.5 Å². The second-order valence-electron chi connectivity index (χ2n) is 5.54. The number of aryl methyl sites for hydroxylation is 1. The van der Waals surface area contributed by atoms with Crippen molar-refractivity contribution in [3.8, 4) is 0 Å². The van der Waals surface area contributed by atoms with Crippen molar-refractivity contribution in [3.63, 3.8) is 0 Å². The Morgan fingerprint density at radius 3 is 2.96 bits per heavy atom. The first-order valence-electron chi connectivity index (χ1n) is 7.95. The molecule has 2 N–H and O–H groups in total. The highest BCUT2D eigenvalue weighted by Crippen LogP contribution is 2.24. The SMILES string of the molecule is CCn1nccc1Nc1nc2ccc(N3CCOCC3)cc2[nH]1. The summed E-state index contributed by atoms with van der Waals surface area (Å²) in [6.45, 7) is 6.31. The van der Waals surface area contributed by atoms with Crippen molar-refractivity contribution in [2.45, 2.75) is 13.5 Å². The van der Waals surface area contributed by atoms with Crippen LogP contribution in [0.25, 0.3) is 11.0 Å². The van der Waals surface area contributed by atoms with Gasteiger partial charge in [-0.1, -0.05) is 0 Å². The highest BCUT2D eigenvalue weighted by molar-refractivity contribution is 5.82. The minimum Gasteiger partial charge on any atom is -0.378 e. The fraction of sp³-hybridized carbons (Fsp3) is 0.375. The number of imidazole rings is 1. The largest absolute Gasteiger partial charge is 0.378 e. The molecule has 7 heteroatoms. The van der Waals surface area contributed by atoms with Crippen LogP contribution in [-0.4, -0.2) is 46.1 Å². The van der Waals surface area contributed by atoms with Crippen LogP contribution in [0.15, 0.2) is 30.5 Å². The molecule has 0 amide bonds. The molecule has 0 aliphatic carbocycles. The van der Waals surface area contributed by atoms with Gasteiger partial charge in [0, 0.05) is 31.4 Å². The molecule has 0 atom stereocenters. The molecule has 1 saturated heterocycles. The van der Waals surface area contributed by atoms with Crippen molar-refractivity contribution in [2.24, 2.45) is 0 Å². The lowest BCUT2D eigenvalue weighted by Crippen LogP contribution is -2.36. The number of hydrogen-bond acceptors (Lipinski definition) is 5. The number of aromatic amines is 1. The molecule has 23 heavy (non-hydrogen) atoms. The number of fused-ring (bicyclic) bond motifs is 1. The summed E-state index contributed by atoms with van der Waals surface area (Å²) in [5.41, 5.74) is 3.18. The molecule has 0 saturated carbocycles. The molecule has 120 valence electrons. The Balaban J connectivity index is 1.60. The maximum atomic E-state index is 5.41. The Hall–Kier alpha value is -2.54. The lowest BCUT2D eigenvalue weighted by molar-refractivity contribution is 0.122. The molecular weight excluding hydrogens is 292 g/mol. The zero-order valence-corrected chi connectivity index (χ0v) is 13.1. The van der Waals surface area contributed by atoms with Gasteiger partial charge in [0.15, 0.2) is 0 Å². The first-order valence-corrected chi connectivity index (χ1v) is 7.95. The summed E-state index contributed by atoms with van der Waals surface area (Å²) in [5, 5.41) is 7.55. The third-order valence-corrected chi connectivity index (χ3v) is 4.10. The third kappa shape index (κ3) is 2.75. The molecule has 0 spiro atoms. The molecular formula is C16H20N6O. The first kappa shape index (κ1) is 14.1. The van der Waals surface area contributed by atoms with Crippen LogP contribution in [0, 0.1) is 0 Å². The van der Waals surface area contributed by atoms with Gasteiger partial charge >= 0.3 is 0 Å². The van der Waals surface area contributed by atoms with E-state index < -0.39 is 0 Å². The van der Waals surface area contributed by atoms with E-state index in [4.69, 9.17) is 4.74 Å². The fourth-order valence-corrected chi connectivity index (χ4v) is 2.89. The molecule has 4 rings (SSSR count). The maximum absolute atomic E-state index is 5.41. The molecule has 1 aliphatic rings. The van der Waals surface area contributed by atoms with E-state index in [1.54, 1.807) is 6.20 Å². The highest BCUT2D eigenvalue weighted by atomic mass is 16.5. The lowest BCUT2D eigenvalue weighted by Gasteiger charge is -2.28. The van der Waals surface area contributed by atoms with E-state index in [1.165, 1.54) is 5.69 Å². The van der Waals surface area contributed by atoms with Crippen LogP contribution in [0.5, 0.6) is 0 Å². The summed E-state index contributed by atoms with van der Waals surface area (Å²) < 4.78 is 7.31. The number of anilines is 3. The summed E-state index contributed by atoms with van der Waals surface area (Å²) in [7, 11) is 0. The quantitative estimate of drug-likeness (QED) is 0.774. The van der Waals surface area contributed by atoms with E-state index in [1.807, 2.05) is 10.7 Å². The number of nitrogens with zero attached hydrogens (tertiary/aromatic N) is 4. The lowest BCUT2D eigenvalue weighted by atomic mass is 10.2. The normalized spacial score (nSPS) is 15.3. The van der Waals surface area contributed by atoms with E-state index >= 15 is 0 Å². The van der Waals surface area contributed by atoms with Gasteiger partial charge in [-0.3, -0.25) is 0 Å². The predicted octanol–water partition coefficient (Wildman–Crippen LogP) is 2.36. The third-order valence-electron chi connectivity index (χ3n) is 4.10. The van der Waals surface area contributed by atoms with Crippen LogP contribution in [-0.2, 0) is 11.3 Å². The van der Waals surface area contributed by atoms with E-state index in [2.05, 4.69) is 50.4 Å². The van der Waals surface area contributed by atoms with Crippen molar-refractivity contribution in [3.05, 3.63) is 30.5 Å². The minimum absolute atomic E-state index is 0.731. The Bertz CT molecular complexity index is 802. The van der Waals surface area contributed by atoms with Gasteiger partial charge in [0.2, 0.25) is 5.95 Å². The van der Waals surface area contributed by atoms with Gasteiger partial charge in [-0.2, -0.15) is 5.10 Å². The molecule has 0 radical (unpaired) electrons. The number of benzene rings is 1. The average molecular weight is 312 g/mol. The molecule has 1 fully saturated rings. The molecule has 1 aliphatic heterocycles. The van der Waals surface area contributed by atoms with E-state index in [0.29, 0.717) is 0 Å². The zero-order valence-electron chi connectivity index (χ0n) is 13.1. The Labute approximate surface area is 134 Å². The summed E-state index contributed by atoms with van der Waals surface area (Å²) in [6.07, 6.45) is 1.78. The number of morpholine rings is 1. The summed E-state index contributed by atoms with van der Waals surface area (Å²) >= 11 is 0. The van der Waals surface area contributed by atoms with Gasteiger partial charge in [0.05, 0.1) is 30.4 Å². The minimum atomic E-state index is 0.731. The number of aromatic nitrogens is 4. The number of rotatable bonds is 4. The van der Waals surface area contributed by atoms with Crippen molar-refractivity contribution in [2.75, 3.05) is 36.5 Å². The van der Waals surface area contributed by atoms with Crippen LogP contribution in [0.2, 0.25) is 0 Å². The first-order chi connectivity index (χ1) is 11.3. The number of ether oxygens (including phenoxy) is 1. The molecule has 0 bridgehead atoms. The van der Waals surface area contributed by atoms with Crippen molar-refractivity contribution < 1.29 is 4.74 Å². The van der Waals surface area contributed by atoms with Crippen molar-refractivity contribution >= 4 is 28.5 Å². The van der Waals surface area contributed by atoms with Gasteiger partial charge in [-0.05, 0) is 25.1 Å². The highest BCUT2D eigenvalue weighted by Gasteiger charge is 2.13. The van der Waals surface area contributed by atoms with Gasteiger partial charge < -0.3 is 19.9 Å². The van der Waals surface area contributed by atoms with Gasteiger partial charge in [-0.15, -0.1) is 0 Å². The monoisotopic (exact) mass is 312 g/mol. The standard InChI is InChI=1S/C16H20N6O/c1-2-22-15(5-6-17-22)20-16-18-13-4-3-12(11-14(13)19-16)21-7-9-23-10-8-21/h3-6,11H,2,7-10H2,1H3,(H2,18,19,20). The van der Waals surface area contributed by atoms with Crippen LogP contribution in [0.1, 0.15) is 6.92 Å². The van der Waals surface area contributed by atoms with Crippen molar-refractivity contribution in [1.29, 1.82) is 0 Å². The number of nitrogens with one attached hydrogen (secondary N) is 2. The molecule has 7 nitrogen and oxygen atoms in total. The number of H-pyrrole nitrogens is 1. The Morgan fingerprint density at radius 1 is 1.26 bits per heavy atom. The summed E-state index contributed by atoms with van der Waals surface area (Å²) in [5.74, 6) is 1.66. The van der Waals surface area contributed by atoms with Gasteiger partial charge in [-0.25, -0.2) is 9.67 Å². The second kappa shape index (κ2) is 5.92. The average Bonchev–Trinajstić information content (AvgIpc) is 3.21. The molecule has 1 aromatic carbocycles. The van der Waals surface area contributed by atoms with Gasteiger partial charge in [0.1, 0.15) is 5.82 Å². The van der Waals surface area contributed by atoms with Crippen molar-refractivity contribution in [1.82, 2.24) is 19.7 Å². The Morgan fingerprint density at radius 2 is 2.13 bits per heavy atom. The maximum Gasteiger partial charge on any atom is 0.206 e. The van der Waals surface area contributed by atoms with E-state index in [0.717, 1.165) is 55.6 Å². The van der Waals surface area contributed by atoms with Crippen LogP contribution in [0.3, 0.4) is 0 Å². The topological polar surface area (TPSA) is 71.0 Å². The van der Waals surface area contributed by atoms with Crippen LogP contribution >= 0.6 is 0 Å². The smallest absolute Gasteiger partial charge is 0.206 e. The Kier molecular flexibility index (Phi) is 3.63. The van der Waals surface area contributed by atoms with E-state index in [-0.39, 0.29) is 0 Å². The molecule has 0 unspecified atom stereocenters. The fourth-order valence-electron chi connectivity index (χ4n) is 2.89. The van der Waals surface area contributed by atoms with Gasteiger partial charge in [0.25, 0.3) is 0 Å². The summed E-state index contributed by atoms with van der Waals surface area (Å²) in [6, 6.07) is 8.26. The van der Waals surface area contributed by atoms with Crippen LogP contribution < -0.4 is 10.2 Å². The summed E-state index contributed by atoms with van der Waals surface area (Å²) in [4.78, 5) is 10.3. The molecule has 2 aromatic heterocycles.